The second-order valence-corrected chi connectivity index (χ2v) is 21.2. The monoisotopic (exact) mass is 797 g/mol. The van der Waals surface area contributed by atoms with Crippen molar-refractivity contribution in [3.05, 3.63) is 95.1 Å². The lowest BCUT2D eigenvalue weighted by atomic mass is 9.81. The first-order valence-corrected chi connectivity index (χ1v) is 23.9. The number of nitrogens with two attached hydrogens (primary N) is 1. The molecule has 0 spiro atoms. The first kappa shape index (κ1) is 42.2. The number of methoxy groups -OCH3 is 2. The first-order valence-electron chi connectivity index (χ1n) is 20.9. The molecular weight excluding hydrogens is 734 g/mol. The Kier molecular flexibility index (Phi) is 13.6. The van der Waals surface area contributed by atoms with Gasteiger partial charge in [-0.1, -0.05) is 135 Å². The van der Waals surface area contributed by atoms with Crippen molar-refractivity contribution in [1.29, 1.82) is 0 Å². The average molecular weight is 798 g/mol. The molecule has 302 valence electrons. The van der Waals surface area contributed by atoms with Crippen molar-refractivity contribution in [2.75, 3.05) is 20.0 Å². The fraction of sp³-hybridized carbons (Fsp3) is 0.500. The fourth-order valence-corrected chi connectivity index (χ4v) is 15.2. The van der Waals surface area contributed by atoms with Crippen molar-refractivity contribution in [2.45, 2.75) is 140 Å². The molecule has 0 amide bonds. The topological polar surface area (TPSA) is 87.9 Å². The summed E-state index contributed by atoms with van der Waals surface area (Å²) in [5.74, 6) is 2.22. The van der Waals surface area contributed by atoms with Gasteiger partial charge in [-0.3, -0.25) is 4.18 Å². The van der Waals surface area contributed by atoms with Crippen molar-refractivity contribution in [1.82, 2.24) is 0 Å². The van der Waals surface area contributed by atoms with E-state index in [-0.39, 0.29) is 23.2 Å². The van der Waals surface area contributed by atoms with Gasteiger partial charge in [0.15, 0.2) is 0 Å². The highest BCUT2D eigenvalue weighted by molar-refractivity contribution is 7.86. The minimum Gasteiger partial charge on any atom is -0.496 e. The van der Waals surface area contributed by atoms with Crippen LogP contribution in [-0.2, 0) is 20.1 Å². The van der Waals surface area contributed by atoms with E-state index in [1.165, 1.54) is 28.7 Å². The molecule has 1 unspecified atom stereocenters. The van der Waals surface area contributed by atoms with Crippen LogP contribution < -0.4 is 20.5 Å². The van der Waals surface area contributed by atoms with Gasteiger partial charge in [-0.05, 0) is 109 Å². The van der Waals surface area contributed by atoms with Gasteiger partial charge in [0.1, 0.15) is 22.6 Å². The number of benzene rings is 4. The second-order valence-electron chi connectivity index (χ2n) is 16.9. The number of hydrogen-bond donors (Lipinski definition) is 1. The number of anilines is 1. The Hall–Kier alpha value is -3.38. The number of para-hydroxylation sites is 1. The largest absolute Gasteiger partial charge is 0.496 e. The van der Waals surface area contributed by atoms with Crippen LogP contribution in [0.2, 0.25) is 0 Å². The molecule has 4 aromatic carbocycles. The molecule has 0 saturated heterocycles. The average Bonchev–Trinajstić information content (AvgIpc) is 3.18. The van der Waals surface area contributed by atoms with E-state index in [2.05, 4.69) is 53.7 Å². The fourth-order valence-electron chi connectivity index (χ4n) is 9.25. The van der Waals surface area contributed by atoms with E-state index in [4.69, 9.17) is 19.4 Å². The maximum absolute atomic E-state index is 14.9. The third-order valence-electron chi connectivity index (χ3n) is 12.1. The molecule has 0 radical (unpaired) electrons. The van der Waals surface area contributed by atoms with Crippen LogP contribution in [0.3, 0.4) is 0 Å². The van der Waals surface area contributed by atoms with Crippen LogP contribution in [0.4, 0.5) is 5.69 Å². The van der Waals surface area contributed by atoms with Crippen LogP contribution in [0.15, 0.2) is 72.8 Å². The van der Waals surface area contributed by atoms with Gasteiger partial charge in [0, 0.05) is 22.1 Å². The van der Waals surface area contributed by atoms with E-state index in [0.29, 0.717) is 30.0 Å². The summed E-state index contributed by atoms with van der Waals surface area (Å²) in [5, 5.41) is 0.196. The highest BCUT2D eigenvalue weighted by atomic mass is 32.2. The van der Waals surface area contributed by atoms with Crippen molar-refractivity contribution in [3.63, 3.8) is 0 Å². The third kappa shape index (κ3) is 8.86. The van der Waals surface area contributed by atoms with E-state index in [9.17, 15) is 8.42 Å². The van der Waals surface area contributed by atoms with E-state index in [0.717, 1.165) is 78.4 Å². The van der Waals surface area contributed by atoms with E-state index >= 15 is 0 Å². The molecule has 0 aromatic heterocycles. The van der Waals surface area contributed by atoms with Crippen LogP contribution in [0.1, 0.15) is 146 Å². The first-order chi connectivity index (χ1) is 26.8. The van der Waals surface area contributed by atoms with Crippen LogP contribution in [-0.4, -0.2) is 33.6 Å². The van der Waals surface area contributed by atoms with Crippen LogP contribution in [0.25, 0.3) is 22.3 Å². The lowest BCUT2D eigenvalue weighted by Gasteiger charge is -2.48. The maximum Gasteiger partial charge on any atom is 0.272 e. The third-order valence-corrected chi connectivity index (χ3v) is 17.0. The molecule has 2 saturated carbocycles. The molecule has 2 aliphatic rings. The molecule has 2 N–H and O–H groups in total. The molecule has 56 heavy (non-hydrogen) atoms. The summed E-state index contributed by atoms with van der Waals surface area (Å²) in [6.45, 7) is 13.7. The van der Waals surface area contributed by atoms with E-state index < -0.39 is 23.4 Å². The maximum atomic E-state index is 14.9. The summed E-state index contributed by atoms with van der Waals surface area (Å²) in [6.07, 6.45) is 9.76. The van der Waals surface area contributed by atoms with Crippen LogP contribution in [0, 0.1) is 0 Å². The second kappa shape index (κ2) is 18.0. The van der Waals surface area contributed by atoms with Crippen LogP contribution in [0.5, 0.6) is 11.5 Å². The molecule has 1 atom stereocenters. The van der Waals surface area contributed by atoms with E-state index in [1.54, 1.807) is 14.2 Å². The summed E-state index contributed by atoms with van der Waals surface area (Å²) < 4.78 is 49.6. The molecule has 0 bridgehead atoms. The summed E-state index contributed by atoms with van der Waals surface area (Å²) in [5.41, 5.74) is 15.8. The van der Waals surface area contributed by atoms with Gasteiger partial charge in [-0.25, -0.2) is 0 Å². The van der Waals surface area contributed by atoms with Crippen molar-refractivity contribution in [2.24, 2.45) is 0 Å². The highest BCUT2D eigenvalue weighted by Crippen LogP contribution is 2.66. The Bertz CT molecular complexity index is 2050. The number of nitrogen functional groups attached to an aromatic ring is 1. The minimum absolute atomic E-state index is 0.235. The summed E-state index contributed by atoms with van der Waals surface area (Å²) >= 11 is 0. The van der Waals surface area contributed by atoms with Crippen molar-refractivity contribution in [3.8, 4) is 33.8 Å². The molecule has 4 aromatic rings. The minimum atomic E-state index is -4.10. The number of hydrogen-bond acceptors (Lipinski definition) is 6. The molecule has 8 heteroatoms. The van der Waals surface area contributed by atoms with E-state index in [1.807, 2.05) is 60.7 Å². The Balaban J connectivity index is 1.61. The van der Waals surface area contributed by atoms with Gasteiger partial charge >= 0.3 is 0 Å². The zero-order valence-electron chi connectivity index (χ0n) is 35.0. The zero-order chi connectivity index (χ0) is 40.2. The molecular formula is C48H64NO5PS. The van der Waals surface area contributed by atoms with Gasteiger partial charge in [0.25, 0.3) is 10.1 Å². The normalized spacial score (nSPS) is 17.1. The summed E-state index contributed by atoms with van der Waals surface area (Å²) in [6, 6.07) is 24.2. The zero-order valence-corrected chi connectivity index (χ0v) is 36.7. The molecule has 2 fully saturated rings. The van der Waals surface area contributed by atoms with Crippen molar-refractivity contribution < 1.29 is 22.1 Å². The van der Waals surface area contributed by atoms with Gasteiger partial charge in [0.05, 0.1) is 14.2 Å². The van der Waals surface area contributed by atoms with Gasteiger partial charge < -0.3 is 15.2 Å². The Morgan fingerprint density at radius 3 is 1.82 bits per heavy atom. The predicted octanol–water partition coefficient (Wildman–Crippen LogP) is 12.6. The van der Waals surface area contributed by atoms with Crippen molar-refractivity contribution >= 4 is 29.0 Å². The molecule has 6 nitrogen and oxygen atoms in total. The summed E-state index contributed by atoms with van der Waals surface area (Å²) in [7, 11) is -1.85. The number of rotatable bonds is 14. The molecule has 0 heterocycles. The lowest BCUT2D eigenvalue weighted by Crippen LogP contribution is -2.42. The molecule has 6 rings (SSSR count). The number of ether oxygens (including phenoxy) is 2. The van der Waals surface area contributed by atoms with Crippen LogP contribution >= 0.6 is 7.92 Å². The smallest absolute Gasteiger partial charge is 0.272 e. The quantitative estimate of drug-likeness (QED) is 0.0776. The Labute approximate surface area is 338 Å². The summed E-state index contributed by atoms with van der Waals surface area (Å²) in [4.78, 5) is 0. The highest BCUT2D eigenvalue weighted by Gasteiger charge is 2.51. The Morgan fingerprint density at radius 2 is 1.25 bits per heavy atom. The SMILES string of the molecule is COc1ccc(OC)c(P(C2CCCCC2)C2(OS(=O)(=O)Cc3ccccc3-c3ccccc3N)CCCCC2)c1-c1c(C(C)C)cc(C(C)C)cc1C(C)C. The molecule has 0 aliphatic heterocycles. The molecule has 2 aliphatic carbocycles. The lowest BCUT2D eigenvalue weighted by molar-refractivity contribution is 0.120. The predicted molar refractivity (Wildman–Crippen MR) is 236 cm³/mol. The van der Waals surface area contributed by atoms with Gasteiger partial charge in [-0.2, -0.15) is 8.42 Å². The standard InChI is InChI=1S/C48H64NO5PS/c1-32(2)36-29-40(33(3)4)45(41(30-36)34(5)6)46-43(52-7)25-26-44(53-8)47(46)55(37-20-11-9-12-21-37)48(27-17-10-18-28-48)54-56(50,51)31-35-19-13-14-22-38(35)39-23-15-16-24-42(39)49/h13-16,19,22-26,29-30,32-34,37H,9-12,17-18,20-21,27-28,31,49H2,1-8H3. The Morgan fingerprint density at radius 1 is 0.696 bits per heavy atom. The van der Waals surface area contributed by atoms with Gasteiger partial charge in [0.2, 0.25) is 0 Å². The van der Waals surface area contributed by atoms with Gasteiger partial charge in [-0.15, -0.1) is 0 Å².